The largest absolute Gasteiger partial charge is 0.355 e. The van der Waals surface area contributed by atoms with Crippen LogP contribution in [0, 0.1) is 5.92 Å². The normalized spacial score (nSPS) is 17.8. The Balaban J connectivity index is 1.86. The molecule has 108 valence electrons. The minimum atomic E-state index is -0.184. The van der Waals surface area contributed by atoms with E-state index in [9.17, 15) is 9.59 Å². The predicted octanol–water partition coefficient (Wildman–Crippen LogP) is 0.776. The van der Waals surface area contributed by atoms with Crippen molar-refractivity contribution in [2.24, 2.45) is 5.92 Å². The van der Waals surface area contributed by atoms with Crippen LogP contribution in [0.15, 0.2) is 24.3 Å². The predicted molar refractivity (Wildman–Crippen MR) is 77.8 cm³/mol. The van der Waals surface area contributed by atoms with Crippen molar-refractivity contribution in [2.45, 2.75) is 12.8 Å². The molecule has 1 aromatic rings. The van der Waals surface area contributed by atoms with E-state index in [4.69, 9.17) is 0 Å². The maximum absolute atomic E-state index is 12.0. The summed E-state index contributed by atoms with van der Waals surface area (Å²) in [6.45, 7) is 2.80. The summed E-state index contributed by atoms with van der Waals surface area (Å²) >= 11 is 0. The first-order valence-corrected chi connectivity index (χ1v) is 7.02. The van der Waals surface area contributed by atoms with E-state index in [0.29, 0.717) is 23.6 Å². The first-order chi connectivity index (χ1) is 9.70. The number of hydrogen-bond acceptors (Lipinski definition) is 3. The highest BCUT2D eigenvalue weighted by molar-refractivity contribution is 5.99. The molecule has 2 rings (SSSR count). The van der Waals surface area contributed by atoms with Crippen LogP contribution >= 0.6 is 0 Å². The topological polar surface area (TPSA) is 70.2 Å². The highest BCUT2D eigenvalue weighted by atomic mass is 16.2. The number of benzene rings is 1. The van der Waals surface area contributed by atoms with Crippen molar-refractivity contribution in [3.63, 3.8) is 0 Å². The van der Waals surface area contributed by atoms with E-state index >= 15 is 0 Å². The maximum atomic E-state index is 12.0. The lowest BCUT2D eigenvalue weighted by Gasteiger charge is -2.10. The van der Waals surface area contributed by atoms with Gasteiger partial charge in [0, 0.05) is 24.7 Å². The van der Waals surface area contributed by atoms with Gasteiger partial charge in [0.15, 0.2) is 0 Å². The van der Waals surface area contributed by atoms with Crippen molar-refractivity contribution in [3.05, 3.63) is 35.4 Å². The van der Waals surface area contributed by atoms with E-state index in [1.807, 2.05) is 0 Å². The smallest absolute Gasteiger partial charge is 0.251 e. The van der Waals surface area contributed by atoms with Gasteiger partial charge in [-0.3, -0.25) is 9.59 Å². The molecule has 1 unspecified atom stereocenters. The third kappa shape index (κ3) is 3.81. The van der Waals surface area contributed by atoms with E-state index in [0.717, 1.165) is 19.5 Å². The molecule has 1 aliphatic heterocycles. The molecule has 5 heteroatoms. The molecule has 2 amide bonds. The van der Waals surface area contributed by atoms with Gasteiger partial charge >= 0.3 is 0 Å². The SMILES string of the molecule is CNC(=O)c1cccc(C(=O)NCCC2CCNC2)c1. The number of amides is 2. The second kappa shape index (κ2) is 7.05. The number of carbonyl (C=O) groups excluding carboxylic acids is 2. The zero-order valence-corrected chi connectivity index (χ0v) is 11.7. The highest BCUT2D eigenvalue weighted by Crippen LogP contribution is 2.11. The lowest BCUT2D eigenvalue weighted by Crippen LogP contribution is -2.27. The number of nitrogens with one attached hydrogen (secondary N) is 3. The molecular formula is C15H21N3O2. The van der Waals surface area contributed by atoms with Gasteiger partial charge in [0.1, 0.15) is 0 Å². The van der Waals surface area contributed by atoms with Crippen molar-refractivity contribution < 1.29 is 9.59 Å². The summed E-state index contributed by atoms with van der Waals surface area (Å²) in [4.78, 5) is 23.5. The third-order valence-corrected chi connectivity index (χ3v) is 3.61. The van der Waals surface area contributed by atoms with Crippen molar-refractivity contribution in [3.8, 4) is 0 Å². The minimum Gasteiger partial charge on any atom is -0.355 e. The van der Waals surface area contributed by atoms with Gasteiger partial charge in [-0.05, 0) is 50.0 Å². The number of hydrogen-bond donors (Lipinski definition) is 3. The maximum Gasteiger partial charge on any atom is 0.251 e. The second-order valence-corrected chi connectivity index (χ2v) is 5.06. The molecule has 1 heterocycles. The van der Waals surface area contributed by atoms with Gasteiger partial charge in [0.05, 0.1) is 0 Å². The van der Waals surface area contributed by atoms with Crippen LogP contribution in [-0.2, 0) is 0 Å². The van der Waals surface area contributed by atoms with Crippen LogP contribution in [-0.4, -0.2) is 38.5 Å². The molecular weight excluding hydrogens is 254 g/mol. The van der Waals surface area contributed by atoms with E-state index < -0.39 is 0 Å². The van der Waals surface area contributed by atoms with Crippen molar-refractivity contribution in [1.29, 1.82) is 0 Å². The average Bonchev–Trinajstić information content (AvgIpc) is 2.99. The van der Waals surface area contributed by atoms with Crippen molar-refractivity contribution in [2.75, 3.05) is 26.7 Å². The molecule has 0 radical (unpaired) electrons. The summed E-state index contributed by atoms with van der Waals surface area (Å²) < 4.78 is 0. The van der Waals surface area contributed by atoms with E-state index in [1.54, 1.807) is 31.3 Å². The lowest BCUT2D eigenvalue weighted by atomic mass is 10.1. The standard InChI is InChI=1S/C15H21N3O2/c1-16-14(19)12-3-2-4-13(9-12)15(20)18-8-6-11-5-7-17-10-11/h2-4,9,11,17H,5-8,10H2,1H3,(H,16,19)(H,18,20). The summed E-state index contributed by atoms with van der Waals surface area (Å²) in [6.07, 6.45) is 2.18. The molecule has 1 saturated heterocycles. The fourth-order valence-electron chi connectivity index (χ4n) is 2.40. The third-order valence-electron chi connectivity index (χ3n) is 3.61. The van der Waals surface area contributed by atoms with Gasteiger partial charge in [-0.15, -0.1) is 0 Å². The van der Waals surface area contributed by atoms with Crippen molar-refractivity contribution in [1.82, 2.24) is 16.0 Å². The van der Waals surface area contributed by atoms with Crippen LogP contribution in [0.25, 0.3) is 0 Å². The zero-order valence-electron chi connectivity index (χ0n) is 11.7. The molecule has 1 fully saturated rings. The molecule has 20 heavy (non-hydrogen) atoms. The summed E-state index contributed by atoms with van der Waals surface area (Å²) in [5.41, 5.74) is 1.02. The molecule has 0 saturated carbocycles. The zero-order chi connectivity index (χ0) is 14.4. The summed E-state index contributed by atoms with van der Waals surface area (Å²) in [6, 6.07) is 6.75. The Morgan fingerprint density at radius 3 is 2.70 bits per heavy atom. The van der Waals surface area contributed by atoms with Crippen LogP contribution in [0.1, 0.15) is 33.6 Å². The van der Waals surface area contributed by atoms with Crippen LogP contribution in [0.2, 0.25) is 0 Å². The number of carbonyl (C=O) groups is 2. The van der Waals surface area contributed by atoms with Crippen LogP contribution < -0.4 is 16.0 Å². The van der Waals surface area contributed by atoms with E-state index in [-0.39, 0.29) is 11.8 Å². The summed E-state index contributed by atoms with van der Waals surface area (Å²) in [5, 5.41) is 8.77. The first kappa shape index (κ1) is 14.5. The van der Waals surface area contributed by atoms with Crippen LogP contribution in [0.3, 0.4) is 0 Å². The van der Waals surface area contributed by atoms with Gasteiger partial charge in [-0.25, -0.2) is 0 Å². The van der Waals surface area contributed by atoms with E-state index in [1.165, 1.54) is 6.42 Å². The summed E-state index contributed by atoms with van der Waals surface area (Å²) in [5.74, 6) is 0.353. The van der Waals surface area contributed by atoms with Gasteiger partial charge in [-0.1, -0.05) is 6.07 Å². The lowest BCUT2D eigenvalue weighted by molar-refractivity contribution is 0.0951. The van der Waals surface area contributed by atoms with Gasteiger partial charge in [0.25, 0.3) is 11.8 Å². The molecule has 1 aromatic carbocycles. The molecule has 1 atom stereocenters. The second-order valence-electron chi connectivity index (χ2n) is 5.06. The van der Waals surface area contributed by atoms with Gasteiger partial charge in [-0.2, -0.15) is 0 Å². The average molecular weight is 275 g/mol. The molecule has 0 aliphatic carbocycles. The Kier molecular flexibility index (Phi) is 5.12. The quantitative estimate of drug-likeness (QED) is 0.743. The molecule has 0 aromatic heterocycles. The Bertz CT molecular complexity index is 482. The fourth-order valence-corrected chi connectivity index (χ4v) is 2.40. The van der Waals surface area contributed by atoms with Crippen LogP contribution in [0.4, 0.5) is 0 Å². The molecule has 0 bridgehead atoms. The molecule has 5 nitrogen and oxygen atoms in total. The van der Waals surface area contributed by atoms with Crippen molar-refractivity contribution >= 4 is 11.8 Å². The highest BCUT2D eigenvalue weighted by Gasteiger charge is 2.14. The fraction of sp³-hybridized carbons (Fsp3) is 0.467. The minimum absolute atomic E-state index is 0.123. The Morgan fingerprint density at radius 1 is 1.30 bits per heavy atom. The Labute approximate surface area is 119 Å². The molecule has 0 spiro atoms. The first-order valence-electron chi connectivity index (χ1n) is 7.02. The number of rotatable bonds is 5. The monoisotopic (exact) mass is 275 g/mol. The Hall–Kier alpha value is -1.88. The Morgan fingerprint density at radius 2 is 2.05 bits per heavy atom. The van der Waals surface area contributed by atoms with Gasteiger partial charge in [0.2, 0.25) is 0 Å². The molecule has 3 N–H and O–H groups in total. The summed E-state index contributed by atoms with van der Waals surface area (Å²) in [7, 11) is 1.57. The van der Waals surface area contributed by atoms with Crippen LogP contribution in [0.5, 0.6) is 0 Å². The van der Waals surface area contributed by atoms with E-state index in [2.05, 4.69) is 16.0 Å². The van der Waals surface area contributed by atoms with Gasteiger partial charge < -0.3 is 16.0 Å². The molecule has 1 aliphatic rings.